The molecule has 1 aliphatic heterocycles. The molecule has 0 bridgehead atoms. The summed E-state index contributed by atoms with van der Waals surface area (Å²) in [4.78, 5) is 32.1. The molecule has 3 aromatic heterocycles. The van der Waals surface area contributed by atoms with Gasteiger partial charge in [0.25, 0.3) is 0 Å². The van der Waals surface area contributed by atoms with Gasteiger partial charge in [-0.1, -0.05) is 6.92 Å². The van der Waals surface area contributed by atoms with E-state index in [0.717, 1.165) is 47.9 Å². The molecule has 28 heavy (non-hydrogen) atoms. The predicted molar refractivity (Wildman–Crippen MR) is 107 cm³/mol. The lowest BCUT2D eigenvalue weighted by molar-refractivity contribution is -0.129. The number of hydrogen-bond acceptors (Lipinski definition) is 6. The van der Waals surface area contributed by atoms with Crippen LogP contribution in [-0.4, -0.2) is 59.0 Å². The van der Waals surface area contributed by atoms with Crippen molar-refractivity contribution in [2.75, 3.05) is 18.4 Å². The van der Waals surface area contributed by atoms with Crippen LogP contribution in [-0.2, 0) is 18.4 Å². The fourth-order valence-electron chi connectivity index (χ4n) is 3.82. The molecule has 1 aliphatic rings. The minimum Gasteiger partial charge on any atom is -0.364 e. The van der Waals surface area contributed by atoms with E-state index in [1.807, 2.05) is 36.7 Å². The Labute approximate surface area is 163 Å². The Morgan fingerprint density at radius 1 is 1.29 bits per heavy atom. The van der Waals surface area contributed by atoms with E-state index in [9.17, 15) is 4.79 Å². The van der Waals surface area contributed by atoms with E-state index in [1.165, 1.54) is 0 Å². The largest absolute Gasteiger partial charge is 0.364 e. The third-order valence-corrected chi connectivity index (χ3v) is 5.49. The third-order valence-electron chi connectivity index (χ3n) is 5.49. The summed E-state index contributed by atoms with van der Waals surface area (Å²) in [6, 6.07) is 0.167. The van der Waals surface area contributed by atoms with Gasteiger partial charge in [-0.3, -0.25) is 4.79 Å². The van der Waals surface area contributed by atoms with Crippen LogP contribution in [0.25, 0.3) is 22.7 Å². The van der Waals surface area contributed by atoms with E-state index in [1.54, 1.807) is 6.33 Å². The van der Waals surface area contributed by atoms with Gasteiger partial charge in [0.2, 0.25) is 5.91 Å². The van der Waals surface area contributed by atoms with Gasteiger partial charge in [0.15, 0.2) is 22.8 Å². The van der Waals surface area contributed by atoms with Gasteiger partial charge in [0.05, 0.1) is 6.33 Å². The predicted octanol–water partition coefficient (Wildman–Crippen LogP) is 1.98. The molecule has 1 amide bonds. The number of aromatic nitrogens is 6. The second-order valence-corrected chi connectivity index (χ2v) is 7.18. The first kappa shape index (κ1) is 18.4. The summed E-state index contributed by atoms with van der Waals surface area (Å²) in [5, 5.41) is 3.47. The highest BCUT2D eigenvalue weighted by molar-refractivity contribution is 5.86. The highest BCUT2D eigenvalue weighted by atomic mass is 16.2. The van der Waals surface area contributed by atoms with Gasteiger partial charge in [0, 0.05) is 44.8 Å². The van der Waals surface area contributed by atoms with Crippen LogP contribution in [0, 0.1) is 6.92 Å². The Balaban J connectivity index is 1.66. The third kappa shape index (κ3) is 3.00. The van der Waals surface area contributed by atoms with Crippen molar-refractivity contribution in [3.05, 3.63) is 18.3 Å². The lowest BCUT2D eigenvalue weighted by Crippen LogP contribution is -2.31. The van der Waals surface area contributed by atoms with Crippen LogP contribution in [0.5, 0.6) is 0 Å². The van der Waals surface area contributed by atoms with Crippen molar-refractivity contribution in [3.63, 3.8) is 0 Å². The van der Waals surface area contributed by atoms with E-state index in [4.69, 9.17) is 4.98 Å². The zero-order valence-electron chi connectivity index (χ0n) is 16.8. The molecule has 1 fully saturated rings. The molecule has 0 spiro atoms. The van der Waals surface area contributed by atoms with E-state index >= 15 is 0 Å². The number of nitrogens with one attached hydrogen (secondary N) is 1. The fraction of sp³-hybridized carbons (Fsp3) is 0.526. The summed E-state index contributed by atoms with van der Waals surface area (Å²) in [7, 11) is 1.95. The van der Waals surface area contributed by atoms with Crippen molar-refractivity contribution in [3.8, 4) is 11.5 Å². The maximum atomic E-state index is 11.9. The van der Waals surface area contributed by atoms with Gasteiger partial charge in [0.1, 0.15) is 12.0 Å². The number of rotatable bonds is 5. The summed E-state index contributed by atoms with van der Waals surface area (Å²) in [5.41, 5.74) is 3.42. The number of nitrogens with zero attached hydrogens (tertiary/aromatic N) is 7. The van der Waals surface area contributed by atoms with E-state index < -0.39 is 0 Å². The Hall–Kier alpha value is -2.97. The molecule has 1 saturated heterocycles. The van der Waals surface area contributed by atoms with Crippen LogP contribution in [0.4, 0.5) is 5.82 Å². The molecular formula is C19H26N8O. The lowest BCUT2D eigenvalue weighted by atomic mass is 10.2. The fourth-order valence-corrected chi connectivity index (χ4v) is 3.82. The number of anilines is 1. The Kier molecular flexibility index (Phi) is 4.74. The van der Waals surface area contributed by atoms with Crippen LogP contribution in [0.3, 0.4) is 0 Å². The normalized spacial score (nSPS) is 16.9. The zero-order chi connectivity index (χ0) is 19.8. The number of fused-ring (bicyclic) bond motifs is 1. The van der Waals surface area contributed by atoms with E-state index in [2.05, 4.69) is 31.8 Å². The number of amides is 1. The number of aryl methyl sites for hydroxylation is 2. The summed E-state index contributed by atoms with van der Waals surface area (Å²) in [6.45, 7) is 8.37. The van der Waals surface area contributed by atoms with Gasteiger partial charge >= 0.3 is 0 Å². The maximum absolute atomic E-state index is 11.9. The molecule has 3 aromatic rings. The molecule has 4 heterocycles. The molecule has 1 unspecified atom stereocenters. The number of likely N-dealkylation sites (tertiary alicyclic amines) is 1. The molecule has 0 radical (unpaired) electrons. The molecule has 1 atom stereocenters. The Morgan fingerprint density at radius 2 is 2.11 bits per heavy atom. The molecular weight excluding hydrogens is 356 g/mol. The van der Waals surface area contributed by atoms with Crippen LogP contribution in [0.2, 0.25) is 0 Å². The topological polar surface area (TPSA) is 93.8 Å². The highest BCUT2D eigenvalue weighted by Gasteiger charge is 2.27. The lowest BCUT2D eigenvalue weighted by Gasteiger charge is -2.16. The van der Waals surface area contributed by atoms with Crippen molar-refractivity contribution in [2.24, 2.45) is 7.05 Å². The monoisotopic (exact) mass is 382 g/mol. The van der Waals surface area contributed by atoms with E-state index in [0.29, 0.717) is 18.8 Å². The highest BCUT2D eigenvalue weighted by Crippen LogP contribution is 2.28. The van der Waals surface area contributed by atoms with Crippen LogP contribution < -0.4 is 5.32 Å². The molecule has 9 nitrogen and oxygen atoms in total. The zero-order valence-corrected chi connectivity index (χ0v) is 16.8. The smallest absolute Gasteiger partial charge is 0.222 e. The molecule has 4 rings (SSSR count). The molecule has 0 saturated carbocycles. The minimum absolute atomic E-state index is 0.167. The molecule has 9 heteroatoms. The van der Waals surface area contributed by atoms with Gasteiger partial charge in [-0.2, -0.15) is 0 Å². The first-order valence-corrected chi connectivity index (χ1v) is 9.77. The first-order chi connectivity index (χ1) is 13.5. The molecule has 0 aliphatic carbocycles. The van der Waals surface area contributed by atoms with Gasteiger partial charge < -0.3 is 19.4 Å². The SMILES string of the molecule is CCC(=O)N1CCC(Nc2ncnc3c2nc(-c2ncn(CC)c2C)n3C)C1. The van der Waals surface area contributed by atoms with Gasteiger partial charge in [-0.05, 0) is 20.3 Å². The van der Waals surface area contributed by atoms with Crippen molar-refractivity contribution in [1.82, 2.24) is 34.0 Å². The Bertz CT molecular complexity index is 1020. The van der Waals surface area contributed by atoms with Crippen molar-refractivity contribution < 1.29 is 4.79 Å². The van der Waals surface area contributed by atoms with Gasteiger partial charge in [-0.25, -0.2) is 19.9 Å². The number of carbonyl (C=O) groups excluding carboxylic acids is 1. The summed E-state index contributed by atoms with van der Waals surface area (Å²) >= 11 is 0. The second kappa shape index (κ2) is 7.21. The molecule has 0 aromatic carbocycles. The van der Waals surface area contributed by atoms with Crippen LogP contribution >= 0.6 is 0 Å². The van der Waals surface area contributed by atoms with Crippen LogP contribution in [0.15, 0.2) is 12.7 Å². The first-order valence-electron chi connectivity index (χ1n) is 9.77. The quantitative estimate of drug-likeness (QED) is 0.725. The number of imidazole rings is 2. The Morgan fingerprint density at radius 3 is 2.82 bits per heavy atom. The molecule has 1 N–H and O–H groups in total. The number of carbonyl (C=O) groups is 1. The summed E-state index contributed by atoms with van der Waals surface area (Å²) < 4.78 is 4.05. The number of hydrogen-bond donors (Lipinski definition) is 1. The minimum atomic E-state index is 0.167. The summed E-state index contributed by atoms with van der Waals surface area (Å²) in [6.07, 6.45) is 4.83. The summed E-state index contributed by atoms with van der Waals surface area (Å²) in [5.74, 6) is 1.67. The maximum Gasteiger partial charge on any atom is 0.222 e. The van der Waals surface area contributed by atoms with Crippen molar-refractivity contribution in [1.29, 1.82) is 0 Å². The van der Waals surface area contributed by atoms with Gasteiger partial charge in [-0.15, -0.1) is 0 Å². The second-order valence-electron chi connectivity index (χ2n) is 7.18. The average molecular weight is 382 g/mol. The average Bonchev–Trinajstić information content (AvgIpc) is 3.40. The van der Waals surface area contributed by atoms with E-state index in [-0.39, 0.29) is 11.9 Å². The van der Waals surface area contributed by atoms with Crippen molar-refractivity contribution >= 4 is 22.9 Å². The standard InChI is InChI=1S/C19H26N8O/c1-5-14(28)27-8-7-13(9-27)23-17-16-18(21-10-20-17)25(4)19(24-16)15-12(3)26(6-2)11-22-15/h10-11,13H,5-9H2,1-4H3,(H,20,21,23). The molecule has 148 valence electrons. The van der Waals surface area contributed by atoms with Crippen LogP contribution in [0.1, 0.15) is 32.4 Å². The van der Waals surface area contributed by atoms with Crippen molar-refractivity contribution in [2.45, 2.75) is 46.2 Å².